The summed E-state index contributed by atoms with van der Waals surface area (Å²) in [5.41, 5.74) is 5.58. The summed E-state index contributed by atoms with van der Waals surface area (Å²) in [6, 6.07) is 1.26. The Morgan fingerprint density at radius 3 is 2.64 bits per heavy atom. The molecule has 5 nitrogen and oxygen atoms in total. The minimum Gasteiger partial charge on any atom is -0.504 e. The van der Waals surface area contributed by atoms with Gasteiger partial charge in [-0.25, -0.2) is 4.98 Å². The van der Waals surface area contributed by atoms with E-state index in [1.54, 1.807) is 0 Å². The van der Waals surface area contributed by atoms with Gasteiger partial charge in [-0.3, -0.25) is 0 Å². The maximum absolute atomic E-state index is 9.51. The largest absolute Gasteiger partial charge is 0.504 e. The van der Waals surface area contributed by atoms with Gasteiger partial charge in [0.1, 0.15) is 6.10 Å². The minimum atomic E-state index is -1.12. The van der Waals surface area contributed by atoms with Crippen LogP contribution in [0.3, 0.4) is 0 Å². The number of rotatable bonds is 3. The monoisotopic (exact) mass is 216 g/mol. The number of aromatic hydroxyl groups is 1. The van der Waals surface area contributed by atoms with Crippen LogP contribution in [0.5, 0.6) is 5.75 Å². The number of aliphatic hydroxyl groups is 2. The lowest BCUT2D eigenvalue weighted by Gasteiger charge is -2.15. The second kappa shape index (κ2) is 4.50. The lowest BCUT2D eigenvalue weighted by Crippen LogP contribution is -2.19. The Morgan fingerprint density at radius 1 is 1.50 bits per heavy atom. The van der Waals surface area contributed by atoms with E-state index in [9.17, 15) is 15.3 Å². The van der Waals surface area contributed by atoms with Gasteiger partial charge in [-0.1, -0.05) is 0 Å². The van der Waals surface area contributed by atoms with Crippen LogP contribution in [0.1, 0.15) is 11.7 Å². The van der Waals surface area contributed by atoms with Gasteiger partial charge in [-0.2, -0.15) is 12.6 Å². The van der Waals surface area contributed by atoms with Gasteiger partial charge in [0.25, 0.3) is 0 Å². The summed E-state index contributed by atoms with van der Waals surface area (Å²) in [7, 11) is 0. The van der Waals surface area contributed by atoms with Crippen molar-refractivity contribution in [1.29, 1.82) is 0 Å². The standard InChI is InChI=1S/C8H12N2O3S/c9-8-5(11)1-4(2-10-8)7(13)6(12)3-14/h1-2,6-7,11-14H,3H2,(H2,9,10). The maximum atomic E-state index is 9.51. The summed E-state index contributed by atoms with van der Waals surface area (Å²) < 4.78 is 0. The molecule has 2 unspecified atom stereocenters. The summed E-state index contributed by atoms with van der Waals surface area (Å²) in [6.45, 7) is 0. The molecule has 1 rings (SSSR count). The van der Waals surface area contributed by atoms with Crippen LogP contribution in [0.2, 0.25) is 0 Å². The van der Waals surface area contributed by atoms with Crippen LogP contribution in [-0.2, 0) is 0 Å². The molecule has 0 saturated heterocycles. The number of anilines is 1. The highest BCUT2D eigenvalue weighted by Crippen LogP contribution is 2.24. The molecule has 0 aliphatic heterocycles. The van der Waals surface area contributed by atoms with E-state index >= 15 is 0 Å². The Bertz CT molecular complexity index is 321. The Hall–Kier alpha value is -0.980. The quantitative estimate of drug-likeness (QED) is 0.446. The molecule has 5 N–H and O–H groups in total. The number of hydrogen-bond donors (Lipinski definition) is 5. The molecule has 1 aromatic heterocycles. The van der Waals surface area contributed by atoms with Crippen LogP contribution in [0.25, 0.3) is 0 Å². The van der Waals surface area contributed by atoms with E-state index in [-0.39, 0.29) is 17.3 Å². The van der Waals surface area contributed by atoms with Crippen LogP contribution >= 0.6 is 12.6 Å². The van der Waals surface area contributed by atoms with Gasteiger partial charge in [-0.05, 0) is 6.07 Å². The number of hydrogen-bond acceptors (Lipinski definition) is 6. The van der Waals surface area contributed by atoms with Gasteiger partial charge in [0.2, 0.25) is 0 Å². The summed E-state index contributed by atoms with van der Waals surface area (Å²) in [5, 5.41) is 28.0. The Morgan fingerprint density at radius 2 is 2.14 bits per heavy atom. The highest BCUT2D eigenvalue weighted by Gasteiger charge is 2.18. The molecule has 0 bridgehead atoms. The molecule has 14 heavy (non-hydrogen) atoms. The molecule has 1 aromatic rings. The molecule has 6 heteroatoms. The maximum Gasteiger partial charge on any atom is 0.165 e. The van der Waals surface area contributed by atoms with Crippen molar-refractivity contribution in [3.8, 4) is 5.75 Å². The first-order chi connectivity index (χ1) is 6.56. The number of nitrogen functional groups attached to an aromatic ring is 1. The zero-order valence-electron chi connectivity index (χ0n) is 7.33. The number of aromatic nitrogens is 1. The predicted molar refractivity (Wildman–Crippen MR) is 55.1 cm³/mol. The van der Waals surface area contributed by atoms with Crippen molar-refractivity contribution in [2.24, 2.45) is 0 Å². The number of pyridine rings is 1. The lowest BCUT2D eigenvalue weighted by atomic mass is 10.1. The van der Waals surface area contributed by atoms with Gasteiger partial charge in [-0.15, -0.1) is 0 Å². The molecule has 0 amide bonds. The number of thiol groups is 1. The Balaban J connectivity index is 2.91. The van der Waals surface area contributed by atoms with Crippen molar-refractivity contribution < 1.29 is 15.3 Å². The Kier molecular flexibility index (Phi) is 3.56. The fraction of sp³-hybridized carbons (Fsp3) is 0.375. The number of nitrogens with two attached hydrogens (primary N) is 1. The molecule has 0 aromatic carbocycles. The van der Waals surface area contributed by atoms with Gasteiger partial charge < -0.3 is 21.1 Å². The fourth-order valence-electron chi connectivity index (χ4n) is 0.963. The van der Waals surface area contributed by atoms with E-state index in [0.29, 0.717) is 5.56 Å². The molecule has 0 fully saturated rings. The molecule has 0 radical (unpaired) electrons. The topological polar surface area (TPSA) is 99.6 Å². The van der Waals surface area contributed by atoms with Crippen LogP contribution < -0.4 is 5.73 Å². The highest BCUT2D eigenvalue weighted by atomic mass is 32.1. The van der Waals surface area contributed by atoms with Crippen molar-refractivity contribution >= 4 is 18.4 Å². The molecule has 2 atom stereocenters. The molecule has 78 valence electrons. The van der Waals surface area contributed by atoms with Crippen LogP contribution in [0, 0.1) is 0 Å². The Labute approximate surface area is 86.6 Å². The van der Waals surface area contributed by atoms with E-state index in [2.05, 4.69) is 17.6 Å². The smallest absolute Gasteiger partial charge is 0.165 e. The third-order valence-electron chi connectivity index (χ3n) is 1.81. The summed E-state index contributed by atoms with van der Waals surface area (Å²) >= 11 is 3.83. The number of aliphatic hydroxyl groups excluding tert-OH is 2. The summed E-state index contributed by atoms with van der Waals surface area (Å²) in [6.07, 6.45) is -0.818. The first kappa shape index (κ1) is 11.1. The zero-order chi connectivity index (χ0) is 10.7. The molecule has 0 aliphatic carbocycles. The average molecular weight is 216 g/mol. The highest BCUT2D eigenvalue weighted by molar-refractivity contribution is 7.80. The van der Waals surface area contributed by atoms with E-state index in [4.69, 9.17) is 5.73 Å². The lowest BCUT2D eigenvalue weighted by molar-refractivity contribution is 0.0334. The number of nitrogens with zero attached hydrogens (tertiary/aromatic N) is 1. The minimum absolute atomic E-state index is 0.0127. The van der Waals surface area contributed by atoms with E-state index in [1.165, 1.54) is 12.3 Å². The van der Waals surface area contributed by atoms with Gasteiger partial charge >= 0.3 is 0 Å². The zero-order valence-corrected chi connectivity index (χ0v) is 8.22. The van der Waals surface area contributed by atoms with Gasteiger partial charge in [0, 0.05) is 17.5 Å². The normalized spacial score (nSPS) is 15.1. The van der Waals surface area contributed by atoms with E-state index < -0.39 is 12.2 Å². The molecular weight excluding hydrogens is 204 g/mol. The van der Waals surface area contributed by atoms with E-state index in [1.807, 2.05) is 0 Å². The molecule has 0 saturated carbocycles. The third-order valence-corrected chi connectivity index (χ3v) is 2.19. The second-order valence-corrected chi connectivity index (χ2v) is 3.23. The first-order valence-electron chi connectivity index (χ1n) is 3.97. The van der Waals surface area contributed by atoms with Crippen molar-refractivity contribution in [3.05, 3.63) is 17.8 Å². The van der Waals surface area contributed by atoms with Crippen LogP contribution in [0.4, 0.5) is 5.82 Å². The fourth-order valence-corrected chi connectivity index (χ4v) is 1.16. The molecule has 0 spiro atoms. The van der Waals surface area contributed by atoms with Crippen molar-refractivity contribution in [1.82, 2.24) is 4.98 Å². The third kappa shape index (κ3) is 2.28. The molecule has 0 aliphatic rings. The SMILES string of the molecule is Nc1ncc(C(O)C(O)CS)cc1O. The summed E-state index contributed by atoms with van der Waals surface area (Å²) in [5.74, 6) is -0.110. The molecular formula is C8H12N2O3S. The van der Waals surface area contributed by atoms with E-state index in [0.717, 1.165) is 0 Å². The second-order valence-electron chi connectivity index (χ2n) is 2.87. The van der Waals surface area contributed by atoms with Crippen LogP contribution in [-0.4, -0.2) is 32.2 Å². The van der Waals surface area contributed by atoms with Crippen molar-refractivity contribution in [2.45, 2.75) is 12.2 Å². The van der Waals surface area contributed by atoms with Crippen molar-refractivity contribution in [2.75, 3.05) is 11.5 Å². The summed E-state index contributed by atoms with van der Waals surface area (Å²) in [4.78, 5) is 3.65. The first-order valence-corrected chi connectivity index (χ1v) is 4.61. The predicted octanol–water partition coefficient (Wildman–Crippen LogP) is -0.307. The van der Waals surface area contributed by atoms with Gasteiger partial charge in [0.05, 0.1) is 6.10 Å². The van der Waals surface area contributed by atoms with Crippen molar-refractivity contribution in [3.63, 3.8) is 0 Å². The van der Waals surface area contributed by atoms with Crippen LogP contribution in [0.15, 0.2) is 12.3 Å². The average Bonchev–Trinajstić information content (AvgIpc) is 2.20. The van der Waals surface area contributed by atoms with Gasteiger partial charge in [0.15, 0.2) is 11.6 Å². The molecule has 1 heterocycles.